The summed E-state index contributed by atoms with van der Waals surface area (Å²) in [6.07, 6.45) is 7.78. The van der Waals surface area contributed by atoms with Crippen molar-refractivity contribution in [3.8, 4) is 0 Å². The van der Waals surface area contributed by atoms with Crippen LogP contribution in [0.4, 0.5) is 4.39 Å². The molecule has 4 heteroatoms. The van der Waals surface area contributed by atoms with E-state index in [4.69, 9.17) is 0 Å². The molecule has 1 N–H and O–H groups in total. The third-order valence-corrected chi connectivity index (χ3v) is 3.72. The van der Waals surface area contributed by atoms with Crippen LogP contribution in [0.3, 0.4) is 0 Å². The molecule has 1 aromatic carbocycles. The van der Waals surface area contributed by atoms with Gasteiger partial charge in [-0.1, -0.05) is 24.6 Å². The Morgan fingerprint density at radius 2 is 2.00 bits per heavy atom. The predicted molar refractivity (Wildman–Crippen MR) is 83.4 cm³/mol. The van der Waals surface area contributed by atoms with Crippen LogP contribution in [-0.2, 0) is 4.79 Å². The van der Waals surface area contributed by atoms with E-state index in [1.807, 2.05) is 0 Å². The summed E-state index contributed by atoms with van der Waals surface area (Å²) in [5.41, 5.74) is 0.431. The van der Waals surface area contributed by atoms with Crippen LogP contribution < -0.4 is 5.32 Å². The molecule has 2 rings (SSSR count). The van der Waals surface area contributed by atoms with Gasteiger partial charge in [0.1, 0.15) is 5.82 Å². The number of nitrogens with zero attached hydrogens (tertiary/aromatic N) is 1. The second-order valence-corrected chi connectivity index (χ2v) is 5.40. The highest BCUT2D eigenvalue weighted by Crippen LogP contribution is 2.09. The fraction of sp³-hybridized carbons (Fsp3) is 0.471. The highest BCUT2D eigenvalue weighted by atomic mass is 19.1. The lowest BCUT2D eigenvalue weighted by Crippen LogP contribution is -2.33. The van der Waals surface area contributed by atoms with Gasteiger partial charge in [0.05, 0.1) is 0 Å². The van der Waals surface area contributed by atoms with E-state index >= 15 is 0 Å². The second-order valence-electron chi connectivity index (χ2n) is 5.40. The van der Waals surface area contributed by atoms with Crippen molar-refractivity contribution in [1.29, 1.82) is 0 Å². The van der Waals surface area contributed by atoms with E-state index in [9.17, 15) is 9.18 Å². The first-order chi connectivity index (χ1) is 10.3. The highest BCUT2D eigenvalue weighted by molar-refractivity contribution is 5.91. The molecule has 0 unspecified atom stereocenters. The molecule has 114 valence electrons. The zero-order chi connectivity index (χ0) is 14.9. The number of halogens is 1. The smallest absolute Gasteiger partial charge is 0.244 e. The topological polar surface area (TPSA) is 32.3 Å². The van der Waals surface area contributed by atoms with Crippen LogP contribution in [0.1, 0.15) is 31.2 Å². The lowest BCUT2D eigenvalue weighted by Gasteiger charge is -2.26. The fourth-order valence-corrected chi connectivity index (χ4v) is 2.53. The van der Waals surface area contributed by atoms with Gasteiger partial charge in [0.15, 0.2) is 0 Å². The summed E-state index contributed by atoms with van der Waals surface area (Å²) in [6.45, 7) is 4.07. The van der Waals surface area contributed by atoms with E-state index in [0.29, 0.717) is 12.1 Å². The van der Waals surface area contributed by atoms with Gasteiger partial charge in [-0.05, 0) is 51.0 Å². The third-order valence-electron chi connectivity index (χ3n) is 3.72. The molecular weight excluding hydrogens is 267 g/mol. The molecule has 0 bridgehead atoms. The number of piperidine rings is 1. The molecule has 1 aliphatic rings. The summed E-state index contributed by atoms with van der Waals surface area (Å²) < 4.78 is 13.4. The molecule has 0 saturated carbocycles. The van der Waals surface area contributed by atoms with Gasteiger partial charge in [0.25, 0.3) is 0 Å². The number of rotatable bonds is 6. The van der Waals surface area contributed by atoms with Crippen molar-refractivity contribution in [2.24, 2.45) is 0 Å². The van der Waals surface area contributed by atoms with Gasteiger partial charge in [-0.3, -0.25) is 4.79 Å². The molecule has 21 heavy (non-hydrogen) atoms. The first-order valence-electron chi connectivity index (χ1n) is 7.68. The largest absolute Gasteiger partial charge is 0.353 e. The Labute approximate surface area is 125 Å². The first kappa shape index (κ1) is 15.7. The van der Waals surface area contributed by atoms with Gasteiger partial charge in [-0.2, -0.15) is 0 Å². The van der Waals surface area contributed by atoms with Gasteiger partial charge in [-0.25, -0.2) is 4.39 Å². The van der Waals surface area contributed by atoms with Crippen molar-refractivity contribution in [1.82, 2.24) is 10.2 Å². The molecule has 0 atom stereocenters. The number of amides is 1. The molecular formula is C17H23FN2O. The van der Waals surface area contributed by atoms with Crippen molar-refractivity contribution in [3.63, 3.8) is 0 Å². The summed E-state index contributed by atoms with van der Waals surface area (Å²) in [6, 6.07) is 6.41. The summed E-state index contributed by atoms with van der Waals surface area (Å²) in [4.78, 5) is 14.1. The molecule has 0 radical (unpaired) electrons. The van der Waals surface area contributed by atoms with Gasteiger partial charge >= 0.3 is 0 Å². The number of carbonyl (C=O) groups is 1. The van der Waals surface area contributed by atoms with Crippen molar-refractivity contribution in [2.45, 2.75) is 25.7 Å². The maximum atomic E-state index is 13.4. The Morgan fingerprint density at radius 3 is 2.76 bits per heavy atom. The minimum absolute atomic E-state index is 0.170. The van der Waals surface area contributed by atoms with Crippen LogP contribution in [0.25, 0.3) is 6.08 Å². The second kappa shape index (κ2) is 8.57. The third kappa shape index (κ3) is 5.68. The molecule has 1 saturated heterocycles. The monoisotopic (exact) mass is 290 g/mol. The van der Waals surface area contributed by atoms with E-state index in [1.54, 1.807) is 18.2 Å². The van der Waals surface area contributed by atoms with Crippen LogP contribution in [0.15, 0.2) is 30.3 Å². The summed E-state index contributed by atoms with van der Waals surface area (Å²) in [5.74, 6) is -0.483. The Bertz CT molecular complexity index is 481. The normalized spacial score (nSPS) is 16.2. The molecule has 1 amide bonds. The minimum atomic E-state index is -0.313. The first-order valence-corrected chi connectivity index (χ1v) is 7.68. The Hall–Kier alpha value is -1.68. The predicted octanol–water partition coefficient (Wildman–Crippen LogP) is 2.83. The lowest BCUT2D eigenvalue weighted by molar-refractivity contribution is -0.116. The molecule has 3 nitrogen and oxygen atoms in total. The fourth-order valence-electron chi connectivity index (χ4n) is 2.53. The van der Waals surface area contributed by atoms with Crippen LogP contribution >= 0.6 is 0 Å². The molecule has 0 aromatic heterocycles. The minimum Gasteiger partial charge on any atom is -0.353 e. The number of carbonyl (C=O) groups excluding carboxylic acids is 1. The van der Waals surface area contributed by atoms with Crippen LogP contribution in [0.2, 0.25) is 0 Å². The average Bonchev–Trinajstić information content (AvgIpc) is 2.52. The van der Waals surface area contributed by atoms with E-state index in [2.05, 4.69) is 10.2 Å². The van der Waals surface area contributed by atoms with E-state index < -0.39 is 0 Å². The maximum Gasteiger partial charge on any atom is 0.244 e. The van der Waals surface area contributed by atoms with Gasteiger partial charge in [0, 0.05) is 18.2 Å². The van der Waals surface area contributed by atoms with E-state index in [0.717, 1.165) is 13.0 Å². The molecule has 0 spiro atoms. The number of hydrogen-bond acceptors (Lipinski definition) is 2. The SMILES string of the molecule is O=C(C=Cc1ccccc1F)NCCCN1CCCCC1. The Kier molecular flexibility index (Phi) is 6.41. The van der Waals surface area contributed by atoms with Gasteiger partial charge in [-0.15, -0.1) is 0 Å². The van der Waals surface area contributed by atoms with E-state index in [1.165, 1.54) is 50.6 Å². The molecule has 1 fully saturated rings. The number of benzene rings is 1. The lowest BCUT2D eigenvalue weighted by atomic mass is 10.1. The number of nitrogens with one attached hydrogen (secondary N) is 1. The van der Waals surface area contributed by atoms with Crippen LogP contribution in [0.5, 0.6) is 0 Å². The van der Waals surface area contributed by atoms with Crippen LogP contribution in [-0.4, -0.2) is 37.0 Å². The zero-order valence-corrected chi connectivity index (χ0v) is 12.4. The van der Waals surface area contributed by atoms with E-state index in [-0.39, 0.29) is 11.7 Å². The molecule has 0 aliphatic carbocycles. The van der Waals surface area contributed by atoms with Crippen LogP contribution in [0, 0.1) is 5.82 Å². The van der Waals surface area contributed by atoms with Gasteiger partial charge < -0.3 is 10.2 Å². The quantitative estimate of drug-likeness (QED) is 0.645. The zero-order valence-electron chi connectivity index (χ0n) is 12.4. The molecule has 1 heterocycles. The number of likely N-dealkylation sites (tertiary alicyclic amines) is 1. The van der Waals surface area contributed by atoms with Crippen molar-refractivity contribution in [2.75, 3.05) is 26.2 Å². The highest BCUT2D eigenvalue weighted by Gasteiger charge is 2.08. The number of hydrogen-bond donors (Lipinski definition) is 1. The average molecular weight is 290 g/mol. The molecule has 1 aromatic rings. The van der Waals surface area contributed by atoms with Crippen molar-refractivity contribution >= 4 is 12.0 Å². The standard InChI is InChI=1S/C17H23FN2O/c18-16-8-3-2-7-15(16)9-10-17(21)19-11-6-14-20-12-4-1-5-13-20/h2-3,7-10H,1,4-6,11-14H2,(H,19,21). The van der Waals surface area contributed by atoms with Gasteiger partial charge in [0.2, 0.25) is 5.91 Å². The maximum absolute atomic E-state index is 13.4. The Balaban J connectivity index is 1.64. The van der Waals surface area contributed by atoms with Crippen molar-refractivity contribution < 1.29 is 9.18 Å². The molecule has 1 aliphatic heterocycles. The summed E-state index contributed by atoms with van der Waals surface area (Å²) in [7, 11) is 0. The summed E-state index contributed by atoms with van der Waals surface area (Å²) >= 11 is 0. The summed E-state index contributed by atoms with van der Waals surface area (Å²) in [5, 5.41) is 2.84. The Morgan fingerprint density at radius 1 is 1.24 bits per heavy atom. The van der Waals surface area contributed by atoms with Crippen molar-refractivity contribution in [3.05, 3.63) is 41.7 Å².